The number of nitrogen functional groups attached to an aromatic ring is 1. The van der Waals surface area contributed by atoms with Crippen LogP contribution in [0.5, 0.6) is 0 Å². The Kier molecular flexibility index (Phi) is 2.66. The van der Waals surface area contributed by atoms with Crippen molar-refractivity contribution in [3.05, 3.63) is 42.0 Å². The first-order valence-corrected chi connectivity index (χ1v) is 5.75. The second-order valence-electron chi connectivity index (χ2n) is 4.38. The summed E-state index contributed by atoms with van der Waals surface area (Å²) in [7, 11) is 0. The van der Waals surface area contributed by atoms with E-state index in [9.17, 15) is 13.2 Å². The molecule has 5 nitrogen and oxygen atoms in total. The topological polar surface area (TPSA) is 72.5 Å². The summed E-state index contributed by atoms with van der Waals surface area (Å²) < 4.78 is 39.4. The molecule has 0 aliphatic rings. The first-order chi connectivity index (χ1) is 9.41. The average Bonchev–Trinajstić information content (AvgIpc) is 2.93. The highest BCUT2D eigenvalue weighted by Crippen LogP contribution is 2.30. The van der Waals surface area contributed by atoms with Crippen molar-refractivity contribution in [2.75, 3.05) is 5.73 Å². The normalized spacial score (nSPS) is 12.2. The third-order valence-corrected chi connectivity index (χ3v) is 2.82. The van der Waals surface area contributed by atoms with E-state index in [2.05, 4.69) is 15.1 Å². The number of nitrogens with zero attached hydrogens (tertiary/aromatic N) is 3. The number of nitrogens with two attached hydrogens (primary N) is 1. The third kappa shape index (κ3) is 2.31. The molecule has 0 spiro atoms. The van der Waals surface area contributed by atoms with Crippen LogP contribution in [0.3, 0.4) is 0 Å². The Bertz CT molecular complexity index is 756. The number of halogens is 3. The molecule has 0 amide bonds. The quantitative estimate of drug-likeness (QED) is 0.757. The van der Waals surface area contributed by atoms with Crippen LogP contribution in [0, 0.1) is 0 Å². The molecule has 104 valence electrons. The fourth-order valence-electron chi connectivity index (χ4n) is 1.93. The lowest BCUT2D eigenvalue weighted by Gasteiger charge is -2.05. The molecule has 0 aliphatic heterocycles. The minimum absolute atomic E-state index is 0.313. The molecule has 20 heavy (non-hydrogen) atoms. The Labute approximate surface area is 111 Å². The molecule has 0 unspecified atom stereocenters. The van der Waals surface area contributed by atoms with Crippen LogP contribution in [0.2, 0.25) is 0 Å². The summed E-state index contributed by atoms with van der Waals surface area (Å²) in [5.74, 6) is 0.516. The van der Waals surface area contributed by atoms with Gasteiger partial charge in [0.2, 0.25) is 0 Å². The zero-order valence-electron chi connectivity index (χ0n) is 10.1. The van der Waals surface area contributed by atoms with Gasteiger partial charge < -0.3 is 10.7 Å². The number of nitrogens with one attached hydrogen (secondary N) is 1. The van der Waals surface area contributed by atoms with E-state index in [0.29, 0.717) is 29.1 Å². The van der Waals surface area contributed by atoms with Crippen molar-refractivity contribution in [1.82, 2.24) is 19.7 Å². The van der Waals surface area contributed by atoms with Gasteiger partial charge in [0.05, 0.1) is 35.0 Å². The first kappa shape index (κ1) is 12.5. The van der Waals surface area contributed by atoms with E-state index in [1.54, 1.807) is 10.9 Å². The lowest BCUT2D eigenvalue weighted by Crippen LogP contribution is -2.04. The molecule has 0 fully saturated rings. The van der Waals surface area contributed by atoms with Crippen molar-refractivity contribution >= 4 is 16.7 Å². The summed E-state index contributed by atoms with van der Waals surface area (Å²) in [6.07, 6.45) is -1.26. The van der Waals surface area contributed by atoms with E-state index in [4.69, 9.17) is 5.73 Å². The Balaban J connectivity index is 1.94. The van der Waals surface area contributed by atoms with Gasteiger partial charge in [0.25, 0.3) is 0 Å². The van der Waals surface area contributed by atoms with E-state index in [1.807, 2.05) is 0 Å². The predicted octanol–water partition coefficient (Wildman–Crippen LogP) is 2.41. The zero-order chi connectivity index (χ0) is 14.3. The summed E-state index contributed by atoms with van der Waals surface area (Å²) in [4.78, 5) is 7.07. The Morgan fingerprint density at radius 2 is 2.10 bits per heavy atom. The van der Waals surface area contributed by atoms with Gasteiger partial charge in [-0.2, -0.15) is 18.3 Å². The maximum Gasteiger partial charge on any atom is 0.416 e. The SMILES string of the molecule is Nc1cnn(Cc2nc3ccc(C(F)(F)F)cc3[nH]2)c1. The summed E-state index contributed by atoms with van der Waals surface area (Å²) in [5, 5.41) is 3.99. The number of anilines is 1. The molecule has 3 aromatic rings. The van der Waals surface area contributed by atoms with Gasteiger partial charge in [0, 0.05) is 6.20 Å². The minimum Gasteiger partial charge on any atom is -0.396 e. The lowest BCUT2D eigenvalue weighted by molar-refractivity contribution is -0.137. The monoisotopic (exact) mass is 281 g/mol. The highest BCUT2D eigenvalue weighted by molar-refractivity contribution is 5.76. The van der Waals surface area contributed by atoms with Gasteiger partial charge in [-0.05, 0) is 18.2 Å². The van der Waals surface area contributed by atoms with Crippen LogP contribution in [0.25, 0.3) is 11.0 Å². The van der Waals surface area contributed by atoms with Crippen LogP contribution in [0.15, 0.2) is 30.6 Å². The van der Waals surface area contributed by atoms with Crippen molar-refractivity contribution in [2.45, 2.75) is 12.7 Å². The van der Waals surface area contributed by atoms with Crippen molar-refractivity contribution in [3.8, 4) is 0 Å². The molecule has 0 aliphatic carbocycles. The summed E-state index contributed by atoms with van der Waals surface area (Å²) in [5.41, 5.74) is 6.17. The van der Waals surface area contributed by atoms with Crippen LogP contribution >= 0.6 is 0 Å². The van der Waals surface area contributed by atoms with Gasteiger partial charge in [-0.15, -0.1) is 0 Å². The zero-order valence-corrected chi connectivity index (χ0v) is 10.1. The molecule has 8 heteroatoms. The number of benzene rings is 1. The molecule has 3 N–H and O–H groups in total. The number of aromatic amines is 1. The fraction of sp³-hybridized carbons (Fsp3) is 0.167. The van der Waals surface area contributed by atoms with E-state index >= 15 is 0 Å². The van der Waals surface area contributed by atoms with Crippen molar-refractivity contribution in [3.63, 3.8) is 0 Å². The molecule has 0 atom stereocenters. The third-order valence-electron chi connectivity index (χ3n) is 2.82. The summed E-state index contributed by atoms with van der Waals surface area (Å²) >= 11 is 0. The number of H-pyrrole nitrogens is 1. The molecule has 0 radical (unpaired) electrons. The largest absolute Gasteiger partial charge is 0.416 e. The smallest absolute Gasteiger partial charge is 0.396 e. The summed E-state index contributed by atoms with van der Waals surface area (Å²) in [6.45, 7) is 0.313. The van der Waals surface area contributed by atoms with Crippen molar-refractivity contribution in [1.29, 1.82) is 0 Å². The molecule has 2 heterocycles. The first-order valence-electron chi connectivity index (χ1n) is 5.75. The molecular formula is C12H10F3N5. The molecule has 0 saturated heterocycles. The van der Waals surface area contributed by atoms with Crippen LogP contribution in [0.4, 0.5) is 18.9 Å². The van der Waals surface area contributed by atoms with Crippen LogP contribution < -0.4 is 5.73 Å². The van der Waals surface area contributed by atoms with E-state index in [1.165, 1.54) is 12.3 Å². The molecule has 0 bridgehead atoms. The number of hydrogen-bond donors (Lipinski definition) is 2. The van der Waals surface area contributed by atoms with Crippen LogP contribution in [0.1, 0.15) is 11.4 Å². The van der Waals surface area contributed by atoms with Crippen LogP contribution in [-0.2, 0) is 12.7 Å². The Morgan fingerprint density at radius 3 is 2.75 bits per heavy atom. The molecule has 2 aromatic heterocycles. The van der Waals surface area contributed by atoms with Gasteiger partial charge in [-0.25, -0.2) is 4.98 Å². The molecule has 1 aromatic carbocycles. The molecular weight excluding hydrogens is 271 g/mol. The second kappa shape index (κ2) is 4.26. The van der Waals surface area contributed by atoms with Gasteiger partial charge in [-0.1, -0.05) is 0 Å². The second-order valence-corrected chi connectivity index (χ2v) is 4.38. The number of imidazole rings is 1. The number of hydrogen-bond acceptors (Lipinski definition) is 3. The van der Waals surface area contributed by atoms with Gasteiger partial charge >= 0.3 is 6.18 Å². The van der Waals surface area contributed by atoms with Gasteiger partial charge in [0.15, 0.2) is 0 Å². The number of aromatic nitrogens is 4. The van der Waals surface area contributed by atoms with E-state index in [-0.39, 0.29) is 0 Å². The maximum absolute atomic E-state index is 12.6. The Morgan fingerprint density at radius 1 is 1.30 bits per heavy atom. The van der Waals surface area contributed by atoms with Crippen molar-refractivity contribution < 1.29 is 13.2 Å². The lowest BCUT2D eigenvalue weighted by atomic mass is 10.2. The highest BCUT2D eigenvalue weighted by Gasteiger charge is 2.30. The maximum atomic E-state index is 12.6. The number of alkyl halides is 3. The van der Waals surface area contributed by atoms with Gasteiger partial charge in [0.1, 0.15) is 5.82 Å². The molecule has 3 rings (SSSR count). The van der Waals surface area contributed by atoms with Crippen molar-refractivity contribution in [2.24, 2.45) is 0 Å². The average molecular weight is 281 g/mol. The van der Waals surface area contributed by atoms with Gasteiger partial charge in [-0.3, -0.25) is 4.68 Å². The van der Waals surface area contributed by atoms with Crippen LogP contribution in [-0.4, -0.2) is 19.7 Å². The highest BCUT2D eigenvalue weighted by atomic mass is 19.4. The Hall–Kier alpha value is -2.51. The fourth-order valence-corrected chi connectivity index (χ4v) is 1.93. The molecule has 0 saturated carbocycles. The van der Waals surface area contributed by atoms with E-state index in [0.717, 1.165) is 12.1 Å². The minimum atomic E-state index is -4.37. The standard InChI is InChI=1S/C12H10F3N5/c13-12(14,15)7-1-2-9-10(3-7)19-11(18-9)6-20-5-8(16)4-17-20/h1-5H,6,16H2,(H,18,19). The summed E-state index contributed by atoms with van der Waals surface area (Å²) in [6, 6.07) is 3.40. The van der Waals surface area contributed by atoms with E-state index < -0.39 is 11.7 Å². The number of rotatable bonds is 2. The predicted molar refractivity (Wildman–Crippen MR) is 66.8 cm³/mol. The number of fused-ring (bicyclic) bond motifs is 1.